The number of rotatable bonds is 5. The summed E-state index contributed by atoms with van der Waals surface area (Å²) in [6.45, 7) is 5.96. The number of thioether (sulfide) groups is 1. The summed E-state index contributed by atoms with van der Waals surface area (Å²) in [6, 6.07) is 13.2. The van der Waals surface area contributed by atoms with Gasteiger partial charge in [-0.05, 0) is 74.4 Å². The summed E-state index contributed by atoms with van der Waals surface area (Å²) >= 11 is 14.2. The molecule has 0 N–H and O–H groups in total. The minimum absolute atomic E-state index is 0.0947. The van der Waals surface area contributed by atoms with Crippen molar-refractivity contribution in [3.63, 3.8) is 0 Å². The van der Waals surface area contributed by atoms with Crippen LogP contribution in [-0.4, -0.2) is 20.8 Å². The standard InChI is InChI=1S/C19H17ClN2OS3/c1-11-4-5-14(10-12(11)2)17(23)13(3)25-18-21-22(19(24)26-18)16-8-6-15(20)7-9-16/h4-10,13H,1-3H3/t13-/m0/s1. The quantitative estimate of drug-likeness (QED) is 0.275. The number of carbonyl (C=O) groups is 1. The maximum Gasteiger partial charge on any atom is 0.184 e. The van der Waals surface area contributed by atoms with Crippen LogP contribution >= 0.6 is 46.9 Å². The van der Waals surface area contributed by atoms with Crippen LogP contribution in [0.15, 0.2) is 46.8 Å². The molecule has 0 saturated heterocycles. The largest absolute Gasteiger partial charge is 0.293 e. The van der Waals surface area contributed by atoms with Gasteiger partial charge in [-0.25, -0.2) is 4.68 Å². The zero-order valence-corrected chi connectivity index (χ0v) is 17.7. The molecule has 1 aromatic heterocycles. The Morgan fingerprint density at radius 2 is 1.88 bits per heavy atom. The van der Waals surface area contributed by atoms with E-state index in [1.807, 2.05) is 51.1 Å². The molecule has 0 fully saturated rings. The van der Waals surface area contributed by atoms with Crippen molar-refractivity contribution in [3.8, 4) is 5.69 Å². The smallest absolute Gasteiger partial charge is 0.184 e. The molecule has 2 aromatic carbocycles. The van der Waals surface area contributed by atoms with Gasteiger partial charge in [0.15, 0.2) is 14.1 Å². The maximum absolute atomic E-state index is 12.7. The summed E-state index contributed by atoms with van der Waals surface area (Å²) in [7, 11) is 0. The van der Waals surface area contributed by atoms with Gasteiger partial charge in [0, 0.05) is 10.6 Å². The van der Waals surface area contributed by atoms with Crippen LogP contribution in [0.1, 0.15) is 28.4 Å². The lowest BCUT2D eigenvalue weighted by Crippen LogP contribution is -2.13. The highest BCUT2D eigenvalue weighted by atomic mass is 35.5. The van der Waals surface area contributed by atoms with Crippen LogP contribution in [0, 0.1) is 17.8 Å². The van der Waals surface area contributed by atoms with Crippen LogP contribution < -0.4 is 0 Å². The van der Waals surface area contributed by atoms with Crippen molar-refractivity contribution in [2.24, 2.45) is 0 Å². The number of aryl methyl sites for hydroxylation is 2. The summed E-state index contributed by atoms with van der Waals surface area (Å²) in [5.74, 6) is 0.0947. The van der Waals surface area contributed by atoms with E-state index < -0.39 is 0 Å². The van der Waals surface area contributed by atoms with Crippen molar-refractivity contribution in [1.82, 2.24) is 9.78 Å². The van der Waals surface area contributed by atoms with Crippen LogP contribution in [-0.2, 0) is 0 Å². The first kappa shape index (κ1) is 19.3. The molecule has 0 aliphatic carbocycles. The minimum Gasteiger partial charge on any atom is -0.293 e. The fourth-order valence-corrected chi connectivity index (χ4v) is 5.10. The van der Waals surface area contributed by atoms with Gasteiger partial charge in [0.05, 0.1) is 10.9 Å². The predicted molar refractivity (Wildman–Crippen MR) is 113 cm³/mol. The fraction of sp³-hybridized carbons (Fsp3) is 0.211. The molecule has 3 aromatic rings. The third kappa shape index (κ3) is 4.26. The Balaban J connectivity index is 1.79. The minimum atomic E-state index is -0.240. The molecule has 134 valence electrons. The Morgan fingerprint density at radius 1 is 1.19 bits per heavy atom. The number of aromatic nitrogens is 2. The van der Waals surface area contributed by atoms with Gasteiger partial charge in [0.2, 0.25) is 0 Å². The van der Waals surface area contributed by atoms with Crippen molar-refractivity contribution in [2.45, 2.75) is 30.4 Å². The van der Waals surface area contributed by atoms with E-state index in [1.54, 1.807) is 16.8 Å². The van der Waals surface area contributed by atoms with E-state index in [2.05, 4.69) is 5.10 Å². The maximum atomic E-state index is 12.7. The molecule has 0 aliphatic rings. The summed E-state index contributed by atoms with van der Waals surface area (Å²) in [5, 5.41) is 4.98. The van der Waals surface area contributed by atoms with Gasteiger partial charge in [-0.1, -0.05) is 46.8 Å². The second-order valence-corrected chi connectivity index (χ2v) is 9.59. The molecule has 0 aliphatic heterocycles. The van der Waals surface area contributed by atoms with Crippen LogP contribution in [0.3, 0.4) is 0 Å². The molecule has 3 nitrogen and oxygen atoms in total. The molecule has 26 heavy (non-hydrogen) atoms. The normalized spacial score (nSPS) is 12.2. The van der Waals surface area contributed by atoms with Crippen molar-refractivity contribution in [1.29, 1.82) is 0 Å². The average Bonchev–Trinajstić information content (AvgIpc) is 2.97. The van der Waals surface area contributed by atoms with Crippen LogP contribution in [0.4, 0.5) is 0 Å². The van der Waals surface area contributed by atoms with Gasteiger partial charge >= 0.3 is 0 Å². The van der Waals surface area contributed by atoms with E-state index in [0.717, 1.165) is 21.2 Å². The molecule has 7 heteroatoms. The molecule has 0 amide bonds. The van der Waals surface area contributed by atoms with E-state index in [4.69, 9.17) is 23.8 Å². The number of Topliss-reactive ketones (excluding diaryl/α,β-unsaturated/α-hetero) is 1. The number of carbonyl (C=O) groups excluding carboxylic acids is 1. The lowest BCUT2D eigenvalue weighted by molar-refractivity contribution is 0.0994. The zero-order valence-electron chi connectivity index (χ0n) is 14.5. The molecule has 1 atom stereocenters. The number of nitrogens with zero attached hydrogens (tertiary/aromatic N) is 2. The van der Waals surface area contributed by atoms with Crippen LogP contribution in [0.5, 0.6) is 0 Å². The monoisotopic (exact) mass is 420 g/mol. The lowest BCUT2D eigenvalue weighted by Gasteiger charge is -2.09. The van der Waals surface area contributed by atoms with Crippen molar-refractivity contribution in [2.75, 3.05) is 0 Å². The Morgan fingerprint density at radius 3 is 2.54 bits per heavy atom. The van der Waals surface area contributed by atoms with Gasteiger partial charge < -0.3 is 0 Å². The number of hydrogen-bond acceptors (Lipinski definition) is 5. The number of halogens is 1. The highest BCUT2D eigenvalue weighted by Gasteiger charge is 2.19. The first-order chi connectivity index (χ1) is 12.3. The van der Waals surface area contributed by atoms with Crippen LogP contribution in [0.25, 0.3) is 5.69 Å². The Labute approximate surface area is 171 Å². The van der Waals surface area contributed by atoms with Gasteiger partial charge in [-0.15, -0.1) is 5.10 Å². The predicted octanol–water partition coefficient (Wildman–Crippen LogP) is 6.30. The Kier molecular flexibility index (Phi) is 5.97. The highest BCUT2D eigenvalue weighted by molar-refractivity contribution is 8.02. The third-order valence-electron chi connectivity index (χ3n) is 4.04. The van der Waals surface area contributed by atoms with Gasteiger partial charge in [0.25, 0.3) is 0 Å². The second kappa shape index (κ2) is 8.05. The third-order valence-corrected chi connectivity index (χ3v) is 6.71. The first-order valence-corrected chi connectivity index (χ1v) is 10.5. The summed E-state index contributed by atoms with van der Waals surface area (Å²) < 4.78 is 3.11. The van der Waals surface area contributed by atoms with E-state index >= 15 is 0 Å². The van der Waals surface area contributed by atoms with Crippen molar-refractivity contribution >= 4 is 52.7 Å². The number of benzene rings is 2. The van der Waals surface area contributed by atoms with E-state index in [-0.39, 0.29) is 11.0 Å². The van der Waals surface area contributed by atoms with Gasteiger partial charge in [-0.2, -0.15) is 0 Å². The van der Waals surface area contributed by atoms with E-state index in [9.17, 15) is 4.79 Å². The summed E-state index contributed by atoms with van der Waals surface area (Å²) in [4.78, 5) is 12.7. The Bertz CT molecular complexity index is 1010. The Hall–Kier alpha value is -1.47. The second-order valence-electron chi connectivity index (χ2n) is 5.95. The lowest BCUT2D eigenvalue weighted by atomic mass is 10.0. The molecule has 1 heterocycles. The molecular formula is C19H17ClN2OS3. The summed E-state index contributed by atoms with van der Waals surface area (Å²) in [5.41, 5.74) is 3.89. The molecule has 0 saturated carbocycles. The van der Waals surface area contributed by atoms with Crippen LogP contribution in [0.2, 0.25) is 5.02 Å². The number of ketones is 1. The first-order valence-electron chi connectivity index (χ1n) is 7.99. The molecular weight excluding hydrogens is 404 g/mol. The molecule has 3 rings (SSSR count). The summed E-state index contributed by atoms with van der Waals surface area (Å²) in [6.07, 6.45) is 0. The molecule has 0 radical (unpaired) electrons. The van der Waals surface area contributed by atoms with Crippen molar-refractivity contribution < 1.29 is 4.79 Å². The SMILES string of the molecule is Cc1ccc(C(=O)[C@H](C)Sc2nn(-c3ccc(Cl)cc3)c(=S)s2)cc1C. The van der Waals surface area contributed by atoms with E-state index in [1.165, 1.54) is 28.7 Å². The average molecular weight is 421 g/mol. The number of hydrogen-bond donors (Lipinski definition) is 0. The zero-order chi connectivity index (χ0) is 18.8. The highest BCUT2D eigenvalue weighted by Crippen LogP contribution is 2.30. The van der Waals surface area contributed by atoms with Gasteiger partial charge in [0.1, 0.15) is 0 Å². The van der Waals surface area contributed by atoms with Gasteiger partial charge in [-0.3, -0.25) is 4.79 Å². The van der Waals surface area contributed by atoms with Crippen molar-refractivity contribution in [3.05, 3.63) is 68.1 Å². The topological polar surface area (TPSA) is 34.9 Å². The van der Waals surface area contributed by atoms with E-state index in [0.29, 0.717) is 8.98 Å². The molecule has 0 bridgehead atoms. The molecule has 0 unspecified atom stereocenters. The molecule has 0 spiro atoms. The fourth-order valence-electron chi connectivity index (χ4n) is 2.39.